The molecule has 2 aliphatic rings. The summed E-state index contributed by atoms with van der Waals surface area (Å²) in [7, 11) is 0. The fourth-order valence-electron chi connectivity index (χ4n) is 4.68. The van der Waals surface area contributed by atoms with Crippen molar-refractivity contribution in [3.8, 4) is 0 Å². The Kier molecular flexibility index (Phi) is 4.89. The molecular weight excluding hydrogens is 455 g/mol. The molecule has 0 spiro atoms. The SMILES string of the molecule is O=c1/c(=C\c2ccc(Cl)cc2)sc2n1[C@@H](c1ccc(F)cc1)C1=C(N=2)c2ccccc2CC1. The highest BCUT2D eigenvalue weighted by molar-refractivity contribution is 7.07. The molecule has 0 saturated carbocycles. The highest BCUT2D eigenvalue weighted by atomic mass is 35.5. The zero-order valence-corrected chi connectivity index (χ0v) is 19.0. The van der Waals surface area contributed by atoms with Gasteiger partial charge in [0.2, 0.25) is 0 Å². The number of aryl methyl sites for hydroxylation is 1. The van der Waals surface area contributed by atoms with Crippen LogP contribution in [0.15, 0.2) is 88.2 Å². The van der Waals surface area contributed by atoms with Gasteiger partial charge in [-0.3, -0.25) is 9.36 Å². The molecule has 0 radical (unpaired) electrons. The van der Waals surface area contributed by atoms with E-state index in [0.717, 1.165) is 40.8 Å². The quantitative estimate of drug-likeness (QED) is 0.399. The molecule has 3 nitrogen and oxygen atoms in total. The summed E-state index contributed by atoms with van der Waals surface area (Å²) >= 11 is 7.39. The molecule has 0 saturated heterocycles. The standard InChI is InChI=1S/C27H18ClFN2OS/c28-19-10-5-16(6-11-19)15-23-26(32)31-25(18-7-12-20(29)13-8-18)22-14-9-17-3-1-2-4-21(17)24(22)30-27(31)33-23/h1-8,10-13,15,25H,9,14H2/b23-15+/t25-/m0/s1. The van der Waals surface area contributed by atoms with Gasteiger partial charge in [-0.2, -0.15) is 0 Å². The lowest BCUT2D eigenvalue weighted by Gasteiger charge is -2.30. The van der Waals surface area contributed by atoms with Crippen LogP contribution >= 0.6 is 22.9 Å². The summed E-state index contributed by atoms with van der Waals surface area (Å²) in [4.78, 5) is 19.3. The lowest BCUT2D eigenvalue weighted by molar-refractivity contribution is 0.581. The monoisotopic (exact) mass is 472 g/mol. The minimum absolute atomic E-state index is 0.0894. The fraction of sp³-hybridized carbons (Fsp3) is 0.111. The molecule has 2 heterocycles. The van der Waals surface area contributed by atoms with Crippen molar-refractivity contribution in [1.29, 1.82) is 0 Å². The Morgan fingerprint density at radius 1 is 1.00 bits per heavy atom. The van der Waals surface area contributed by atoms with Gasteiger partial charge in [0, 0.05) is 10.6 Å². The Balaban J connectivity index is 1.62. The first kappa shape index (κ1) is 20.3. The van der Waals surface area contributed by atoms with E-state index < -0.39 is 0 Å². The molecule has 1 atom stereocenters. The van der Waals surface area contributed by atoms with E-state index in [1.54, 1.807) is 28.8 Å². The number of aromatic nitrogens is 1. The van der Waals surface area contributed by atoms with E-state index in [2.05, 4.69) is 12.1 Å². The van der Waals surface area contributed by atoms with Gasteiger partial charge in [-0.05, 0) is 65.4 Å². The van der Waals surface area contributed by atoms with Crippen LogP contribution in [-0.2, 0) is 6.42 Å². The van der Waals surface area contributed by atoms with Crippen molar-refractivity contribution in [2.75, 3.05) is 0 Å². The number of nitrogens with zero attached hydrogens (tertiary/aromatic N) is 2. The highest BCUT2D eigenvalue weighted by Gasteiger charge is 2.32. The molecule has 3 aromatic carbocycles. The number of rotatable bonds is 2. The van der Waals surface area contributed by atoms with Crippen LogP contribution in [0.1, 0.15) is 34.7 Å². The van der Waals surface area contributed by atoms with Crippen molar-refractivity contribution < 1.29 is 4.39 Å². The third-order valence-electron chi connectivity index (χ3n) is 6.23. The van der Waals surface area contributed by atoms with Crippen LogP contribution in [-0.4, -0.2) is 4.57 Å². The van der Waals surface area contributed by atoms with Crippen LogP contribution in [0.4, 0.5) is 4.39 Å². The number of hydrogen-bond acceptors (Lipinski definition) is 3. The second-order valence-corrected chi connectivity index (χ2v) is 9.66. The second kappa shape index (κ2) is 7.94. The number of halogens is 2. The Morgan fingerprint density at radius 2 is 1.76 bits per heavy atom. The largest absolute Gasteiger partial charge is 0.272 e. The molecule has 0 fully saturated rings. The molecule has 1 aliphatic carbocycles. The predicted octanol–water partition coefficient (Wildman–Crippen LogP) is 5.11. The number of allylic oxidation sites excluding steroid dienone is 1. The smallest absolute Gasteiger partial charge is 0.271 e. The minimum atomic E-state index is -0.308. The van der Waals surface area contributed by atoms with Gasteiger partial charge in [0.05, 0.1) is 16.3 Å². The van der Waals surface area contributed by atoms with Gasteiger partial charge in [0.25, 0.3) is 5.56 Å². The molecule has 0 N–H and O–H groups in total. The van der Waals surface area contributed by atoms with E-state index in [4.69, 9.17) is 16.6 Å². The van der Waals surface area contributed by atoms with E-state index in [0.29, 0.717) is 14.4 Å². The molecule has 33 heavy (non-hydrogen) atoms. The molecular formula is C27H18ClFN2OS. The third-order valence-corrected chi connectivity index (χ3v) is 7.46. The Morgan fingerprint density at radius 3 is 2.55 bits per heavy atom. The van der Waals surface area contributed by atoms with Crippen molar-refractivity contribution in [3.05, 3.63) is 131 Å². The van der Waals surface area contributed by atoms with Gasteiger partial charge >= 0.3 is 0 Å². The average molecular weight is 473 g/mol. The van der Waals surface area contributed by atoms with Crippen LogP contribution in [0, 0.1) is 5.82 Å². The summed E-state index contributed by atoms with van der Waals surface area (Å²) in [5.74, 6) is -0.294. The fourth-order valence-corrected chi connectivity index (χ4v) is 5.80. The Bertz CT molecular complexity index is 1600. The number of thiazole rings is 1. The molecule has 162 valence electrons. The zero-order valence-electron chi connectivity index (χ0n) is 17.5. The topological polar surface area (TPSA) is 34.4 Å². The van der Waals surface area contributed by atoms with Crippen LogP contribution in [0.3, 0.4) is 0 Å². The minimum Gasteiger partial charge on any atom is -0.272 e. The molecule has 6 heteroatoms. The van der Waals surface area contributed by atoms with Crippen molar-refractivity contribution >= 4 is 34.7 Å². The van der Waals surface area contributed by atoms with Crippen LogP contribution in [0.25, 0.3) is 11.8 Å². The van der Waals surface area contributed by atoms with Gasteiger partial charge in [-0.25, -0.2) is 9.38 Å². The first-order chi connectivity index (χ1) is 16.1. The zero-order chi connectivity index (χ0) is 22.5. The van der Waals surface area contributed by atoms with Gasteiger partial charge in [0.1, 0.15) is 5.82 Å². The summed E-state index contributed by atoms with van der Waals surface area (Å²) in [5.41, 5.74) is 6.11. The molecule has 6 rings (SSSR count). The maximum absolute atomic E-state index is 13.7. The van der Waals surface area contributed by atoms with Crippen LogP contribution in [0.2, 0.25) is 5.02 Å². The number of fused-ring (bicyclic) bond motifs is 3. The molecule has 4 aromatic rings. The van der Waals surface area contributed by atoms with Gasteiger partial charge in [-0.1, -0.05) is 71.5 Å². The Hall–Kier alpha value is -3.28. The molecule has 1 aliphatic heterocycles. The molecule has 1 aromatic heterocycles. The normalized spacial score (nSPS) is 17.3. The molecule has 0 bridgehead atoms. The maximum Gasteiger partial charge on any atom is 0.271 e. The van der Waals surface area contributed by atoms with Gasteiger partial charge in [0.15, 0.2) is 4.80 Å². The molecule has 0 unspecified atom stereocenters. The first-order valence-electron chi connectivity index (χ1n) is 10.7. The first-order valence-corrected chi connectivity index (χ1v) is 11.9. The average Bonchev–Trinajstić information content (AvgIpc) is 3.14. The van der Waals surface area contributed by atoms with Gasteiger partial charge < -0.3 is 0 Å². The summed E-state index contributed by atoms with van der Waals surface area (Å²) in [5, 5.41) is 0.649. The maximum atomic E-state index is 13.7. The van der Waals surface area contributed by atoms with Crippen molar-refractivity contribution in [3.63, 3.8) is 0 Å². The van der Waals surface area contributed by atoms with Gasteiger partial charge in [-0.15, -0.1) is 0 Å². The van der Waals surface area contributed by atoms with Crippen molar-refractivity contribution in [1.82, 2.24) is 4.57 Å². The van der Waals surface area contributed by atoms with E-state index in [-0.39, 0.29) is 17.4 Å². The number of benzene rings is 3. The molecule has 0 amide bonds. The lowest BCUT2D eigenvalue weighted by atomic mass is 9.83. The highest BCUT2D eigenvalue weighted by Crippen LogP contribution is 2.41. The lowest BCUT2D eigenvalue weighted by Crippen LogP contribution is -2.38. The van der Waals surface area contributed by atoms with E-state index >= 15 is 0 Å². The van der Waals surface area contributed by atoms with Crippen LogP contribution in [0.5, 0.6) is 0 Å². The van der Waals surface area contributed by atoms with Crippen molar-refractivity contribution in [2.45, 2.75) is 18.9 Å². The summed E-state index contributed by atoms with van der Waals surface area (Å²) in [6, 6.07) is 21.8. The third kappa shape index (κ3) is 3.48. The summed E-state index contributed by atoms with van der Waals surface area (Å²) in [6.07, 6.45) is 3.56. The summed E-state index contributed by atoms with van der Waals surface area (Å²) < 4.78 is 16.1. The second-order valence-electron chi connectivity index (χ2n) is 8.22. The van der Waals surface area contributed by atoms with E-state index in [9.17, 15) is 9.18 Å². The van der Waals surface area contributed by atoms with Crippen molar-refractivity contribution in [2.24, 2.45) is 4.99 Å². The van der Waals surface area contributed by atoms with E-state index in [1.807, 2.05) is 30.3 Å². The summed E-state index contributed by atoms with van der Waals surface area (Å²) in [6.45, 7) is 0. The number of hydrogen-bond donors (Lipinski definition) is 0. The van der Waals surface area contributed by atoms with Crippen LogP contribution < -0.4 is 14.9 Å². The predicted molar refractivity (Wildman–Crippen MR) is 131 cm³/mol. The Labute approximate surface area is 198 Å². The van der Waals surface area contributed by atoms with E-state index in [1.165, 1.54) is 29.0 Å².